The van der Waals surface area contributed by atoms with Crippen molar-refractivity contribution >= 4 is 22.0 Å². The van der Waals surface area contributed by atoms with Crippen LogP contribution in [-0.4, -0.2) is 41.3 Å². The molecule has 2 atom stereocenters. The van der Waals surface area contributed by atoms with E-state index in [4.69, 9.17) is 22.9 Å². The lowest BCUT2D eigenvalue weighted by atomic mass is 9.85. The molecule has 1 aromatic heterocycles. The van der Waals surface area contributed by atoms with Crippen molar-refractivity contribution in [2.24, 2.45) is 11.8 Å². The fourth-order valence-electron chi connectivity index (χ4n) is 6.06. The Bertz CT molecular complexity index is 1470. The molecule has 0 spiro atoms. The SMILES string of the molecule is COc1cc([C@@H](O[Si](C)(C)C(C)(C)C)[C@@H](CC2Cc3ccccc3C2)Cn2ccc(C=CP(=O)(OC)OC)c2)cc(OC)c1C. The molecule has 0 aliphatic heterocycles. The molecular formula is C36H52NO6PSi. The Balaban J connectivity index is 1.77. The van der Waals surface area contributed by atoms with Crippen molar-refractivity contribution in [1.29, 1.82) is 0 Å². The van der Waals surface area contributed by atoms with Crippen molar-refractivity contribution in [3.8, 4) is 11.5 Å². The Hall–Kier alpha value is -2.61. The Morgan fingerprint density at radius 3 is 2.07 bits per heavy atom. The molecule has 2 aromatic carbocycles. The van der Waals surface area contributed by atoms with Crippen LogP contribution in [0.15, 0.2) is 60.7 Å². The summed E-state index contributed by atoms with van der Waals surface area (Å²) in [6.07, 6.45) is 8.93. The maximum Gasteiger partial charge on any atom is 0.353 e. The second-order valence-corrected chi connectivity index (χ2v) is 20.6. The van der Waals surface area contributed by atoms with E-state index >= 15 is 0 Å². The standard InChI is InChI=1S/C36H52NO6PSi/c1-26-33(39-5)22-31(23-34(26)40-6)35(43-45(9,10)36(2,3)4)32(21-28-19-29-13-11-12-14-30(29)20-28)25-37-17-15-27(24-37)16-18-44(38,41-7)42-8/h11-18,22-24,28,32,35H,19-21,25H2,1-10H3/t32-,35+/m0/s1. The summed E-state index contributed by atoms with van der Waals surface area (Å²) in [4.78, 5) is 0. The highest BCUT2D eigenvalue weighted by atomic mass is 31.2. The molecule has 246 valence electrons. The van der Waals surface area contributed by atoms with Gasteiger partial charge in [0.2, 0.25) is 0 Å². The summed E-state index contributed by atoms with van der Waals surface area (Å²) in [5, 5.41) is 0.0281. The highest BCUT2D eigenvalue weighted by Gasteiger charge is 2.42. The first-order valence-electron chi connectivity index (χ1n) is 15.8. The summed E-state index contributed by atoms with van der Waals surface area (Å²) in [7, 11) is 0.733. The van der Waals surface area contributed by atoms with Crippen LogP contribution in [0.2, 0.25) is 18.1 Å². The molecule has 1 heterocycles. The molecule has 0 bridgehead atoms. The van der Waals surface area contributed by atoms with E-state index in [9.17, 15) is 4.57 Å². The highest BCUT2D eigenvalue weighted by molar-refractivity contribution is 7.57. The van der Waals surface area contributed by atoms with E-state index in [1.165, 1.54) is 31.2 Å². The molecule has 1 aliphatic carbocycles. The lowest BCUT2D eigenvalue weighted by molar-refractivity contribution is 0.0904. The zero-order valence-electron chi connectivity index (χ0n) is 28.8. The molecule has 4 rings (SSSR count). The third kappa shape index (κ3) is 8.41. The fourth-order valence-corrected chi connectivity index (χ4v) is 8.12. The van der Waals surface area contributed by atoms with Gasteiger partial charge in [0.25, 0.3) is 0 Å². The summed E-state index contributed by atoms with van der Waals surface area (Å²) < 4.78 is 44.1. The van der Waals surface area contributed by atoms with Crippen LogP contribution in [0.25, 0.3) is 6.08 Å². The summed E-state index contributed by atoms with van der Waals surface area (Å²) in [5.41, 5.74) is 5.89. The number of methoxy groups -OCH3 is 2. The minimum absolute atomic E-state index is 0.0281. The lowest BCUT2D eigenvalue weighted by Gasteiger charge is -2.42. The first-order chi connectivity index (χ1) is 21.2. The summed E-state index contributed by atoms with van der Waals surface area (Å²) in [5.74, 6) is 3.78. The second kappa shape index (κ2) is 14.4. The van der Waals surface area contributed by atoms with Crippen molar-refractivity contribution in [1.82, 2.24) is 4.57 Å². The van der Waals surface area contributed by atoms with E-state index in [0.29, 0.717) is 5.92 Å². The van der Waals surface area contributed by atoms with Crippen molar-refractivity contribution in [3.05, 3.63) is 88.5 Å². The van der Waals surface area contributed by atoms with E-state index in [2.05, 4.69) is 87.2 Å². The normalized spacial score (nSPS) is 15.8. The van der Waals surface area contributed by atoms with Gasteiger partial charge in [0.05, 0.1) is 20.3 Å². The average Bonchev–Trinajstić information content (AvgIpc) is 3.64. The van der Waals surface area contributed by atoms with Gasteiger partial charge >= 0.3 is 7.60 Å². The third-order valence-corrected chi connectivity index (χ3v) is 15.7. The predicted octanol–water partition coefficient (Wildman–Crippen LogP) is 9.45. The quantitative estimate of drug-likeness (QED) is 0.128. The first-order valence-corrected chi connectivity index (χ1v) is 20.3. The van der Waals surface area contributed by atoms with E-state index in [1.807, 2.05) is 13.0 Å². The number of hydrogen-bond donors (Lipinski definition) is 0. The minimum Gasteiger partial charge on any atom is -0.496 e. The number of rotatable bonds is 14. The van der Waals surface area contributed by atoms with Gasteiger partial charge in [-0.3, -0.25) is 4.57 Å². The third-order valence-electron chi connectivity index (χ3n) is 9.71. The maximum atomic E-state index is 12.6. The molecule has 0 radical (unpaired) electrons. The Morgan fingerprint density at radius 2 is 1.56 bits per heavy atom. The van der Waals surface area contributed by atoms with Gasteiger partial charge in [-0.25, -0.2) is 0 Å². The molecule has 1 aliphatic rings. The monoisotopic (exact) mass is 653 g/mol. The van der Waals surface area contributed by atoms with E-state index in [1.54, 1.807) is 20.3 Å². The van der Waals surface area contributed by atoms with Gasteiger partial charge < -0.3 is 27.5 Å². The Labute approximate surface area is 271 Å². The topological polar surface area (TPSA) is 68.2 Å². The number of ether oxygens (including phenoxy) is 2. The van der Waals surface area contributed by atoms with Crippen molar-refractivity contribution in [2.75, 3.05) is 28.4 Å². The smallest absolute Gasteiger partial charge is 0.353 e. The van der Waals surface area contributed by atoms with Crippen molar-refractivity contribution < 1.29 is 27.5 Å². The molecule has 0 N–H and O–H groups in total. The molecular weight excluding hydrogens is 601 g/mol. The number of hydrogen-bond acceptors (Lipinski definition) is 6. The second-order valence-electron chi connectivity index (χ2n) is 13.8. The minimum atomic E-state index is -3.26. The zero-order valence-corrected chi connectivity index (χ0v) is 30.6. The van der Waals surface area contributed by atoms with Crippen molar-refractivity contribution in [2.45, 2.75) is 77.7 Å². The largest absolute Gasteiger partial charge is 0.496 e. The van der Waals surface area contributed by atoms with Gasteiger partial charge in [-0.1, -0.05) is 45.0 Å². The average molecular weight is 654 g/mol. The van der Waals surface area contributed by atoms with Gasteiger partial charge in [0, 0.05) is 50.5 Å². The number of benzene rings is 2. The number of aromatic nitrogens is 1. The van der Waals surface area contributed by atoms with Crippen molar-refractivity contribution in [3.63, 3.8) is 0 Å². The maximum absolute atomic E-state index is 12.6. The van der Waals surface area contributed by atoms with Crippen LogP contribution in [0, 0.1) is 18.8 Å². The van der Waals surface area contributed by atoms with Crippen LogP contribution in [0.5, 0.6) is 11.5 Å². The van der Waals surface area contributed by atoms with Crippen LogP contribution in [-0.2, 0) is 37.4 Å². The molecule has 0 saturated heterocycles. The van der Waals surface area contributed by atoms with Gasteiger partial charge in [0.1, 0.15) is 11.5 Å². The predicted molar refractivity (Wildman–Crippen MR) is 186 cm³/mol. The molecule has 9 heteroatoms. The van der Waals surface area contributed by atoms with E-state index in [0.717, 1.165) is 54.0 Å². The van der Waals surface area contributed by atoms with E-state index in [-0.39, 0.29) is 17.1 Å². The molecule has 45 heavy (non-hydrogen) atoms. The summed E-state index contributed by atoms with van der Waals surface area (Å²) in [6, 6.07) is 15.1. The molecule has 3 aromatic rings. The Morgan fingerprint density at radius 1 is 0.978 bits per heavy atom. The molecule has 0 saturated carbocycles. The molecule has 0 amide bonds. The van der Waals surface area contributed by atoms with Gasteiger partial charge in [-0.05, 0) is 96.8 Å². The van der Waals surface area contributed by atoms with Crippen LogP contribution >= 0.6 is 7.60 Å². The van der Waals surface area contributed by atoms with Crippen LogP contribution in [0.4, 0.5) is 0 Å². The molecule has 0 fully saturated rings. The summed E-state index contributed by atoms with van der Waals surface area (Å²) in [6.45, 7) is 14.3. The highest BCUT2D eigenvalue weighted by Crippen LogP contribution is 2.49. The van der Waals surface area contributed by atoms with Gasteiger partial charge in [-0.15, -0.1) is 0 Å². The van der Waals surface area contributed by atoms with Crippen LogP contribution in [0.3, 0.4) is 0 Å². The molecule has 7 nitrogen and oxygen atoms in total. The zero-order chi connectivity index (χ0) is 33.0. The van der Waals surface area contributed by atoms with Gasteiger partial charge in [-0.2, -0.15) is 0 Å². The fraction of sp³-hybridized carbons (Fsp3) is 0.500. The Kier molecular flexibility index (Phi) is 11.3. The van der Waals surface area contributed by atoms with Gasteiger partial charge in [0.15, 0.2) is 8.32 Å². The summed E-state index contributed by atoms with van der Waals surface area (Å²) >= 11 is 0. The van der Waals surface area contributed by atoms with E-state index < -0.39 is 15.9 Å². The number of fused-ring (bicyclic) bond motifs is 1. The lowest BCUT2D eigenvalue weighted by Crippen LogP contribution is -2.43. The number of nitrogens with zero attached hydrogens (tertiary/aromatic N) is 1. The van der Waals surface area contributed by atoms with Crippen LogP contribution < -0.4 is 9.47 Å². The molecule has 0 unspecified atom stereocenters. The van der Waals surface area contributed by atoms with Crippen LogP contribution in [0.1, 0.15) is 61.1 Å². The first kappa shape index (κ1) is 35.2.